The van der Waals surface area contributed by atoms with Crippen molar-refractivity contribution in [2.45, 2.75) is 20.0 Å². The van der Waals surface area contributed by atoms with E-state index in [1.807, 2.05) is 6.92 Å². The van der Waals surface area contributed by atoms with Crippen LogP contribution in [-0.2, 0) is 0 Å². The average Bonchev–Trinajstić information content (AvgIpc) is 2.46. The number of carbonyl (C=O) groups is 1. The van der Waals surface area contributed by atoms with Crippen LogP contribution in [0.1, 0.15) is 23.1 Å². The minimum absolute atomic E-state index is 0.0193. The van der Waals surface area contributed by atoms with Crippen molar-refractivity contribution in [1.82, 2.24) is 20.3 Å². The van der Waals surface area contributed by atoms with Crippen LogP contribution in [0.15, 0.2) is 35.5 Å². The Morgan fingerprint density at radius 3 is 2.95 bits per heavy atom. The lowest BCUT2D eigenvalue weighted by atomic mass is 10.3. The molecule has 7 nitrogen and oxygen atoms in total. The number of carbonyl (C=O) groups excluding carboxylic acids is 1. The van der Waals surface area contributed by atoms with E-state index >= 15 is 0 Å². The fourth-order valence-electron chi connectivity index (χ4n) is 1.67. The van der Waals surface area contributed by atoms with Crippen molar-refractivity contribution in [3.05, 3.63) is 52.5 Å². The minimum atomic E-state index is -0.481. The molecular formula is C14H16N4O3. The Morgan fingerprint density at radius 2 is 2.29 bits per heavy atom. The van der Waals surface area contributed by atoms with Gasteiger partial charge in [-0.1, -0.05) is 0 Å². The van der Waals surface area contributed by atoms with Gasteiger partial charge in [-0.15, -0.1) is 0 Å². The molecule has 7 heteroatoms. The van der Waals surface area contributed by atoms with Crippen LogP contribution < -0.4 is 15.6 Å². The molecule has 110 valence electrons. The molecule has 2 heterocycles. The number of amides is 1. The van der Waals surface area contributed by atoms with Gasteiger partial charge in [-0.05, 0) is 26.0 Å². The zero-order valence-electron chi connectivity index (χ0n) is 11.8. The Bertz CT molecular complexity index is 669. The number of aryl methyl sites for hydroxylation is 1. The molecule has 0 aliphatic rings. The van der Waals surface area contributed by atoms with Crippen LogP contribution in [0, 0.1) is 6.92 Å². The van der Waals surface area contributed by atoms with Gasteiger partial charge in [0.2, 0.25) is 0 Å². The van der Waals surface area contributed by atoms with Crippen molar-refractivity contribution in [2.24, 2.45) is 0 Å². The normalized spacial score (nSPS) is 11.7. The predicted molar refractivity (Wildman–Crippen MR) is 76.3 cm³/mol. The van der Waals surface area contributed by atoms with Crippen molar-refractivity contribution in [2.75, 3.05) is 6.54 Å². The summed E-state index contributed by atoms with van der Waals surface area (Å²) in [4.78, 5) is 33.8. The molecular weight excluding hydrogens is 272 g/mol. The molecule has 2 N–H and O–H groups in total. The largest absolute Gasteiger partial charge is 0.487 e. The number of ether oxygens (including phenoxy) is 1. The highest BCUT2D eigenvalue weighted by Gasteiger charge is 2.12. The third-order valence-electron chi connectivity index (χ3n) is 2.69. The van der Waals surface area contributed by atoms with Crippen LogP contribution in [0.4, 0.5) is 0 Å². The van der Waals surface area contributed by atoms with Crippen LogP contribution in [0.5, 0.6) is 5.75 Å². The maximum absolute atomic E-state index is 11.9. The zero-order chi connectivity index (χ0) is 15.2. The SMILES string of the molecule is Cc1ncc(C(=O)NC[C@H](C)Oc2cccnc2)c(=O)[nH]1. The summed E-state index contributed by atoms with van der Waals surface area (Å²) in [6.45, 7) is 3.72. The van der Waals surface area contributed by atoms with Crippen LogP contribution in [0.25, 0.3) is 0 Å². The number of aromatic nitrogens is 3. The van der Waals surface area contributed by atoms with E-state index in [2.05, 4.69) is 20.3 Å². The molecule has 0 unspecified atom stereocenters. The maximum Gasteiger partial charge on any atom is 0.263 e. The summed E-state index contributed by atoms with van der Waals surface area (Å²) in [6, 6.07) is 3.54. The molecule has 0 radical (unpaired) electrons. The van der Waals surface area contributed by atoms with E-state index in [0.29, 0.717) is 11.6 Å². The van der Waals surface area contributed by atoms with Gasteiger partial charge in [0, 0.05) is 12.4 Å². The van der Waals surface area contributed by atoms with Gasteiger partial charge in [-0.3, -0.25) is 14.6 Å². The van der Waals surface area contributed by atoms with Crippen LogP contribution in [0.3, 0.4) is 0 Å². The monoisotopic (exact) mass is 288 g/mol. The molecule has 0 aliphatic heterocycles. The van der Waals surface area contributed by atoms with Gasteiger partial charge in [-0.25, -0.2) is 4.98 Å². The Hall–Kier alpha value is -2.70. The summed E-state index contributed by atoms with van der Waals surface area (Å²) in [5.74, 6) is 0.601. The number of hydrogen-bond acceptors (Lipinski definition) is 5. The summed E-state index contributed by atoms with van der Waals surface area (Å²) >= 11 is 0. The van der Waals surface area contributed by atoms with Gasteiger partial charge in [0.25, 0.3) is 11.5 Å². The first-order valence-corrected chi connectivity index (χ1v) is 6.47. The Balaban J connectivity index is 1.90. The van der Waals surface area contributed by atoms with Crippen LogP contribution in [-0.4, -0.2) is 33.5 Å². The van der Waals surface area contributed by atoms with Gasteiger partial charge in [0.05, 0.1) is 12.7 Å². The van der Waals surface area contributed by atoms with E-state index in [9.17, 15) is 9.59 Å². The van der Waals surface area contributed by atoms with Crippen molar-refractivity contribution < 1.29 is 9.53 Å². The van der Waals surface area contributed by atoms with Crippen LogP contribution in [0.2, 0.25) is 0 Å². The molecule has 0 bridgehead atoms. The first-order valence-electron chi connectivity index (χ1n) is 6.47. The van der Waals surface area contributed by atoms with E-state index in [4.69, 9.17) is 4.74 Å². The molecule has 2 aromatic rings. The summed E-state index contributed by atoms with van der Waals surface area (Å²) in [5.41, 5.74) is -0.477. The van der Waals surface area contributed by atoms with Gasteiger partial charge in [0.15, 0.2) is 0 Å². The number of rotatable bonds is 5. The zero-order valence-corrected chi connectivity index (χ0v) is 11.8. The lowest BCUT2D eigenvalue weighted by Gasteiger charge is -2.14. The van der Waals surface area contributed by atoms with Crippen LogP contribution >= 0.6 is 0 Å². The molecule has 2 aromatic heterocycles. The lowest BCUT2D eigenvalue weighted by Crippen LogP contribution is -2.36. The molecule has 0 saturated carbocycles. The molecule has 0 saturated heterocycles. The predicted octanol–water partition coefficient (Wildman–Crippen LogP) is 0.671. The second-order valence-electron chi connectivity index (χ2n) is 4.54. The molecule has 21 heavy (non-hydrogen) atoms. The summed E-state index contributed by atoms with van der Waals surface area (Å²) in [6.07, 6.45) is 4.25. The van der Waals surface area contributed by atoms with Gasteiger partial charge in [0.1, 0.15) is 23.2 Å². The molecule has 1 atom stereocenters. The smallest absolute Gasteiger partial charge is 0.263 e. The number of aromatic amines is 1. The van der Waals surface area contributed by atoms with Crippen molar-refractivity contribution >= 4 is 5.91 Å². The first-order chi connectivity index (χ1) is 10.1. The fraction of sp³-hybridized carbons (Fsp3) is 0.286. The molecule has 0 aromatic carbocycles. The fourth-order valence-corrected chi connectivity index (χ4v) is 1.67. The third-order valence-corrected chi connectivity index (χ3v) is 2.69. The summed E-state index contributed by atoms with van der Waals surface area (Å²) in [5, 5.41) is 2.63. The van der Waals surface area contributed by atoms with Crippen molar-refractivity contribution in [3.63, 3.8) is 0 Å². The van der Waals surface area contributed by atoms with E-state index < -0.39 is 11.5 Å². The second-order valence-corrected chi connectivity index (χ2v) is 4.54. The highest BCUT2D eigenvalue weighted by molar-refractivity contribution is 5.93. The molecule has 2 rings (SSSR count). The molecule has 0 fully saturated rings. The Labute approximate surface area is 121 Å². The van der Waals surface area contributed by atoms with E-state index in [1.165, 1.54) is 6.20 Å². The number of H-pyrrole nitrogens is 1. The van der Waals surface area contributed by atoms with E-state index in [1.54, 1.807) is 31.5 Å². The third kappa shape index (κ3) is 4.13. The average molecular weight is 288 g/mol. The highest BCUT2D eigenvalue weighted by Crippen LogP contribution is 2.08. The number of nitrogens with one attached hydrogen (secondary N) is 2. The lowest BCUT2D eigenvalue weighted by molar-refractivity contribution is 0.0930. The topological polar surface area (TPSA) is 97.0 Å². The van der Waals surface area contributed by atoms with Crippen molar-refractivity contribution in [3.8, 4) is 5.75 Å². The number of pyridine rings is 1. The Morgan fingerprint density at radius 1 is 1.48 bits per heavy atom. The van der Waals surface area contributed by atoms with Gasteiger partial charge in [-0.2, -0.15) is 0 Å². The molecule has 0 aliphatic carbocycles. The standard InChI is InChI=1S/C14H16N4O3/c1-9(21-11-4-3-5-15-7-11)6-17-13(19)12-8-16-10(2)18-14(12)20/h3-5,7-9H,6H2,1-2H3,(H,17,19)(H,16,18,20)/t9-/m0/s1. The van der Waals surface area contributed by atoms with Gasteiger partial charge < -0.3 is 15.0 Å². The van der Waals surface area contributed by atoms with Crippen molar-refractivity contribution in [1.29, 1.82) is 0 Å². The van der Waals surface area contributed by atoms with Gasteiger partial charge >= 0.3 is 0 Å². The Kier molecular flexibility index (Phi) is 4.65. The summed E-state index contributed by atoms with van der Waals surface area (Å²) in [7, 11) is 0. The highest BCUT2D eigenvalue weighted by atomic mass is 16.5. The second kappa shape index (κ2) is 6.65. The quantitative estimate of drug-likeness (QED) is 0.843. The number of nitrogens with zero attached hydrogens (tertiary/aromatic N) is 2. The first kappa shape index (κ1) is 14.7. The summed E-state index contributed by atoms with van der Waals surface area (Å²) < 4.78 is 5.57. The molecule has 1 amide bonds. The van der Waals surface area contributed by atoms with E-state index in [-0.39, 0.29) is 18.2 Å². The maximum atomic E-state index is 11.9. The van der Waals surface area contributed by atoms with E-state index in [0.717, 1.165) is 0 Å². The minimum Gasteiger partial charge on any atom is -0.487 e. The number of hydrogen-bond donors (Lipinski definition) is 2. The molecule has 0 spiro atoms.